The van der Waals surface area contributed by atoms with Crippen molar-refractivity contribution in [3.05, 3.63) is 0 Å². The Hall–Kier alpha value is -0.130. The van der Waals surface area contributed by atoms with Crippen LogP contribution in [0.4, 0.5) is 0 Å². The monoisotopic (exact) mass is 207 g/mol. The standard InChI is InChI=1S/C8H17NO3S/c1-9-6-4-3-5-8(9)7-13(10,11)12-2/h8H,3-7H2,1-2H3. The topological polar surface area (TPSA) is 46.6 Å². The second-order valence-corrected chi connectivity index (χ2v) is 5.30. The number of hydrogen-bond acceptors (Lipinski definition) is 4. The lowest BCUT2D eigenvalue weighted by atomic mass is 10.1. The molecule has 0 N–H and O–H groups in total. The largest absolute Gasteiger partial charge is 0.302 e. The smallest absolute Gasteiger partial charge is 0.268 e. The van der Waals surface area contributed by atoms with E-state index in [1.165, 1.54) is 13.5 Å². The van der Waals surface area contributed by atoms with Gasteiger partial charge in [-0.1, -0.05) is 6.42 Å². The Morgan fingerprint density at radius 1 is 1.46 bits per heavy atom. The van der Waals surface area contributed by atoms with Crippen LogP contribution in [0.25, 0.3) is 0 Å². The van der Waals surface area contributed by atoms with Crippen molar-refractivity contribution in [2.45, 2.75) is 25.3 Å². The van der Waals surface area contributed by atoms with Gasteiger partial charge in [0.1, 0.15) is 0 Å². The molecule has 5 heteroatoms. The Morgan fingerprint density at radius 3 is 2.69 bits per heavy atom. The summed E-state index contributed by atoms with van der Waals surface area (Å²) in [5.74, 6) is 0.125. The zero-order valence-electron chi connectivity index (χ0n) is 8.19. The fourth-order valence-electron chi connectivity index (χ4n) is 1.66. The molecule has 0 aromatic rings. The number of rotatable bonds is 3. The molecule has 0 aromatic carbocycles. The maximum atomic E-state index is 11.2. The van der Waals surface area contributed by atoms with Crippen molar-refractivity contribution in [3.8, 4) is 0 Å². The maximum Gasteiger partial charge on any atom is 0.268 e. The highest BCUT2D eigenvalue weighted by Crippen LogP contribution is 2.16. The predicted octanol–water partition coefficient (Wildman–Crippen LogP) is 0.447. The van der Waals surface area contributed by atoms with Crippen LogP contribution in [0.15, 0.2) is 0 Å². The van der Waals surface area contributed by atoms with Crippen molar-refractivity contribution in [1.29, 1.82) is 0 Å². The zero-order valence-corrected chi connectivity index (χ0v) is 9.01. The first-order valence-electron chi connectivity index (χ1n) is 4.54. The summed E-state index contributed by atoms with van der Waals surface area (Å²) in [5, 5.41) is 0. The molecule has 0 spiro atoms. The first kappa shape index (κ1) is 10.9. The Balaban J connectivity index is 2.52. The van der Waals surface area contributed by atoms with Gasteiger partial charge in [0, 0.05) is 6.04 Å². The van der Waals surface area contributed by atoms with E-state index in [-0.39, 0.29) is 11.8 Å². The molecule has 0 saturated carbocycles. The number of piperidine rings is 1. The first-order valence-corrected chi connectivity index (χ1v) is 6.11. The van der Waals surface area contributed by atoms with Crippen LogP contribution in [0, 0.1) is 0 Å². The highest BCUT2D eigenvalue weighted by Gasteiger charge is 2.24. The van der Waals surface area contributed by atoms with Crippen molar-refractivity contribution in [1.82, 2.24) is 4.90 Å². The molecule has 0 aliphatic carbocycles. The van der Waals surface area contributed by atoms with Crippen molar-refractivity contribution in [2.75, 3.05) is 26.5 Å². The summed E-state index contributed by atoms with van der Waals surface area (Å²) >= 11 is 0. The van der Waals surface area contributed by atoms with Gasteiger partial charge < -0.3 is 4.90 Å². The van der Waals surface area contributed by atoms with Gasteiger partial charge in [-0.05, 0) is 26.4 Å². The van der Waals surface area contributed by atoms with E-state index >= 15 is 0 Å². The molecule has 1 atom stereocenters. The average molecular weight is 207 g/mol. The van der Waals surface area contributed by atoms with E-state index in [9.17, 15) is 8.42 Å². The van der Waals surface area contributed by atoms with Crippen molar-refractivity contribution in [3.63, 3.8) is 0 Å². The van der Waals surface area contributed by atoms with Gasteiger partial charge in [0.05, 0.1) is 12.9 Å². The normalized spacial score (nSPS) is 26.2. The van der Waals surface area contributed by atoms with Gasteiger partial charge in [0.2, 0.25) is 0 Å². The minimum absolute atomic E-state index is 0.125. The van der Waals surface area contributed by atoms with Crippen molar-refractivity contribution >= 4 is 10.1 Å². The third-order valence-electron chi connectivity index (χ3n) is 2.57. The van der Waals surface area contributed by atoms with Gasteiger partial charge in [0.25, 0.3) is 10.1 Å². The van der Waals surface area contributed by atoms with E-state index in [0.717, 1.165) is 19.4 Å². The molecular formula is C8H17NO3S. The minimum Gasteiger partial charge on any atom is -0.302 e. The van der Waals surface area contributed by atoms with E-state index in [4.69, 9.17) is 0 Å². The lowest BCUT2D eigenvalue weighted by molar-refractivity contribution is 0.199. The molecule has 0 aromatic heterocycles. The first-order chi connectivity index (χ1) is 6.05. The van der Waals surface area contributed by atoms with Gasteiger partial charge in [-0.3, -0.25) is 4.18 Å². The highest BCUT2D eigenvalue weighted by atomic mass is 32.2. The van der Waals surface area contributed by atoms with Crippen LogP contribution in [0.1, 0.15) is 19.3 Å². The van der Waals surface area contributed by atoms with Gasteiger partial charge in [0.15, 0.2) is 0 Å². The molecule has 78 valence electrons. The van der Waals surface area contributed by atoms with Gasteiger partial charge >= 0.3 is 0 Å². The molecule has 1 fully saturated rings. The molecular weight excluding hydrogens is 190 g/mol. The second kappa shape index (κ2) is 4.39. The van der Waals surface area contributed by atoms with Crippen molar-refractivity contribution in [2.24, 2.45) is 0 Å². The molecule has 0 radical (unpaired) electrons. The molecule has 0 bridgehead atoms. The van der Waals surface area contributed by atoms with E-state index in [0.29, 0.717) is 0 Å². The van der Waals surface area contributed by atoms with E-state index in [2.05, 4.69) is 9.08 Å². The third kappa shape index (κ3) is 3.25. The van der Waals surface area contributed by atoms with Crippen LogP contribution >= 0.6 is 0 Å². The molecule has 4 nitrogen and oxygen atoms in total. The van der Waals surface area contributed by atoms with Crippen LogP contribution in [0.3, 0.4) is 0 Å². The van der Waals surface area contributed by atoms with Crippen LogP contribution < -0.4 is 0 Å². The maximum absolute atomic E-state index is 11.2. The molecule has 1 aliphatic rings. The van der Waals surface area contributed by atoms with Gasteiger partial charge in [-0.25, -0.2) is 0 Å². The molecule has 13 heavy (non-hydrogen) atoms. The Morgan fingerprint density at radius 2 is 2.15 bits per heavy atom. The minimum atomic E-state index is -3.29. The Bertz CT molecular complexity index is 250. The lowest BCUT2D eigenvalue weighted by Gasteiger charge is -2.31. The summed E-state index contributed by atoms with van der Waals surface area (Å²) in [6.45, 7) is 0.990. The SMILES string of the molecule is COS(=O)(=O)CC1CCCCN1C. The molecule has 1 unspecified atom stereocenters. The average Bonchev–Trinajstić information content (AvgIpc) is 2.09. The van der Waals surface area contributed by atoms with Crippen LogP contribution in [-0.2, 0) is 14.3 Å². The van der Waals surface area contributed by atoms with Gasteiger partial charge in [-0.2, -0.15) is 8.42 Å². The molecule has 1 heterocycles. The Kier molecular flexibility index (Phi) is 3.70. The second-order valence-electron chi connectivity index (χ2n) is 3.52. The Labute approximate surface area is 80.0 Å². The van der Waals surface area contributed by atoms with Crippen molar-refractivity contribution < 1.29 is 12.6 Å². The molecule has 1 saturated heterocycles. The summed E-state index contributed by atoms with van der Waals surface area (Å²) < 4.78 is 26.8. The van der Waals surface area contributed by atoms with E-state index < -0.39 is 10.1 Å². The summed E-state index contributed by atoms with van der Waals surface area (Å²) in [6.07, 6.45) is 3.24. The molecule has 1 rings (SSSR count). The van der Waals surface area contributed by atoms with Gasteiger partial charge in [-0.15, -0.1) is 0 Å². The van der Waals surface area contributed by atoms with E-state index in [1.54, 1.807) is 0 Å². The quantitative estimate of drug-likeness (QED) is 0.630. The summed E-state index contributed by atoms with van der Waals surface area (Å²) in [7, 11) is -0.106. The fourth-order valence-corrected chi connectivity index (χ4v) is 2.69. The predicted molar refractivity (Wildman–Crippen MR) is 51.1 cm³/mol. The third-order valence-corrected chi connectivity index (χ3v) is 3.87. The van der Waals surface area contributed by atoms with Crippen LogP contribution in [-0.4, -0.2) is 45.8 Å². The molecule has 1 aliphatic heterocycles. The van der Waals surface area contributed by atoms with E-state index in [1.807, 2.05) is 7.05 Å². The zero-order chi connectivity index (χ0) is 9.90. The highest BCUT2D eigenvalue weighted by molar-refractivity contribution is 7.86. The summed E-state index contributed by atoms with van der Waals surface area (Å²) in [6, 6.07) is 0.138. The molecule has 0 amide bonds. The number of hydrogen-bond donors (Lipinski definition) is 0. The lowest BCUT2D eigenvalue weighted by Crippen LogP contribution is -2.41. The number of nitrogens with zero attached hydrogens (tertiary/aromatic N) is 1. The summed E-state index contributed by atoms with van der Waals surface area (Å²) in [5.41, 5.74) is 0. The van der Waals surface area contributed by atoms with Crippen LogP contribution in [0.5, 0.6) is 0 Å². The fraction of sp³-hybridized carbons (Fsp3) is 1.00. The number of likely N-dealkylation sites (tertiary alicyclic amines) is 1. The summed E-state index contributed by atoms with van der Waals surface area (Å²) in [4.78, 5) is 2.10. The van der Waals surface area contributed by atoms with Crippen LogP contribution in [0.2, 0.25) is 0 Å².